The lowest BCUT2D eigenvalue weighted by Crippen LogP contribution is -2.01. The summed E-state index contributed by atoms with van der Waals surface area (Å²) in [6.07, 6.45) is 4.03. The summed E-state index contributed by atoms with van der Waals surface area (Å²) in [5.41, 5.74) is 1.46. The van der Waals surface area contributed by atoms with Crippen LogP contribution in [0.1, 0.15) is 12.5 Å². The lowest BCUT2D eigenvalue weighted by molar-refractivity contribution is 0.630. The molecular formula is C13H14ClFN2. The van der Waals surface area contributed by atoms with Crippen LogP contribution in [0.15, 0.2) is 36.7 Å². The molecule has 0 saturated carbocycles. The highest BCUT2D eigenvalue weighted by atomic mass is 35.5. The Bertz CT molecular complexity index is 488. The molecule has 0 radical (unpaired) electrons. The molecule has 17 heavy (non-hydrogen) atoms. The molecule has 4 heteroatoms. The minimum absolute atomic E-state index is 0.326. The summed E-state index contributed by atoms with van der Waals surface area (Å²) in [5, 5.41) is 3.42. The third-order valence-electron chi connectivity index (χ3n) is 2.61. The quantitative estimate of drug-likeness (QED) is 0.873. The Morgan fingerprint density at radius 2 is 2.18 bits per heavy atom. The smallest absolute Gasteiger partial charge is 0.147 e. The van der Waals surface area contributed by atoms with Crippen molar-refractivity contribution in [2.75, 3.05) is 5.32 Å². The fourth-order valence-corrected chi connectivity index (χ4v) is 1.88. The number of benzene rings is 1. The van der Waals surface area contributed by atoms with Crippen molar-refractivity contribution >= 4 is 17.3 Å². The number of nitrogens with one attached hydrogen (secondary N) is 1. The van der Waals surface area contributed by atoms with Crippen LogP contribution >= 0.6 is 11.6 Å². The summed E-state index contributed by atoms with van der Waals surface area (Å²) in [4.78, 5) is 0. The van der Waals surface area contributed by atoms with Crippen LogP contribution in [0, 0.1) is 5.82 Å². The van der Waals surface area contributed by atoms with Gasteiger partial charge in [0.15, 0.2) is 0 Å². The molecule has 2 nitrogen and oxygen atoms in total. The van der Waals surface area contributed by atoms with Gasteiger partial charge in [-0.15, -0.1) is 0 Å². The van der Waals surface area contributed by atoms with Gasteiger partial charge in [0.2, 0.25) is 0 Å². The largest absolute Gasteiger partial charge is 0.377 e. The van der Waals surface area contributed by atoms with Crippen molar-refractivity contribution in [3.05, 3.63) is 53.1 Å². The Balaban J connectivity index is 2.07. The average molecular weight is 253 g/mol. The van der Waals surface area contributed by atoms with E-state index in [1.807, 2.05) is 18.5 Å². The topological polar surface area (TPSA) is 17.0 Å². The van der Waals surface area contributed by atoms with Gasteiger partial charge in [0.25, 0.3) is 0 Å². The summed E-state index contributed by atoms with van der Waals surface area (Å²) >= 11 is 5.92. The van der Waals surface area contributed by atoms with Crippen molar-refractivity contribution in [3.63, 3.8) is 0 Å². The van der Waals surface area contributed by atoms with E-state index in [9.17, 15) is 4.39 Å². The van der Waals surface area contributed by atoms with E-state index in [-0.39, 0.29) is 5.82 Å². The highest BCUT2D eigenvalue weighted by molar-refractivity contribution is 6.33. The van der Waals surface area contributed by atoms with Crippen molar-refractivity contribution in [1.82, 2.24) is 4.57 Å². The zero-order valence-corrected chi connectivity index (χ0v) is 10.3. The van der Waals surface area contributed by atoms with Gasteiger partial charge < -0.3 is 9.88 Å². The number of aryl methyl sites for hydroxylation is 1. The third kappa shape index (κ3) is 2.80. The van der Waals surface area contributed by atoms with Crippen LogP contribution in [-0.4, -0.2) is 4.57 Å². The molecule has 2 rings (SSSR count). The number of anilines is 1. The van der Waals surface area contributed by atoms with E-state index >= 15 is 0 Å². The molecule has 0 aliphatic carbocycles. The van der Waals surface area contributed by atoms with E-state index in [1.54, 1.807) is 12.1 Å². The molecule has 0 aliphatic heterocycles. The molecule has 0 atom stereocenters. The van der Waals surface area contributed by atoms with Crippen LogP contribution in [-0.2, 0) is 13.1 Å². The van der Waals surface area contributed by atoms with E-state index < -0.39 is 0 Å². The van der Waals surface area contributed by atoms with E-state index in [0.29, 0.717) is 17.3 Å². The summed E-state index contributed by atoms with van der Waals surface area (Å²) < 4.78 is 15.5. The Hall–Kier alpha value is -1.48. The number of rotatable bonds is 4. The lowest BCUT2D eigenvalue weighted by atomic mass is 10.3. The molecule has 0 spiro atoms. The fraction of sp³-hybridized carbons (Fsp3) is 0.231. The summed E-state index contributed by atoms with van der Waals surface area (Å²) in [6, 6.07) is 6.66. The molecule has 1 aromatic carbocycles. The second kappa shape index (κ2) is 5.23. The summed E-state index contributed by atoms with van der Waals surface area (Å²) in [6.45, 7) is 3.57. The first kappa shape index (κ1) is 12.0. The molecule has 0 fully saturated rings. The van der Waals surface area contributed by atoms with Gasteiger partial charge in [0, 0.05) is 25.5 Å². The molecule has 2 aromatic rings. The molecule has 1 heterocycles. The third-order valence-corrected chi connectivity index (χ3v) is 2.92. The SMILES string of the molecule is CCn1ccc(CNc2c(F)cccc2Cl)c1. The van der Waals surface area contributed by atoms with Gasteiger partial charge in [-0.1, -0.05) is 17.7 Å². The maximum Gasteiger partial charge on any atom is 0.147 e. The van der Waals surface area contributed by atoms with Gasteiger partial charge in [0.05, 0.1) is 10.7 Å². The van der Waals surface area contributed by atoms with Crippen LogP contribution < -0.4 is 5.32 Å². The van der Waals surface area contributed by atoms with E-state index in [1.165, 1.54) is 6.07 Å². The summed E-state index contributed by atoms with van der Waals surface area (Å²) in [5.74, 6) is -0.326. The van der Waals surface area contributed by atoms with Gasteiger partial charge in [-0.25, -0.2) is 4.39 Å². The van der Waals surface area contributed by atoms with Crippen molar-refractivity contribution in [2.24, 2.45) is 0 Å². The van der Waals surface area contributed by atoms with Crippen molar-refractivity contribution in [3.8, 4) is 0 Å². The Morgan fingerprint density at radius 1 is 1.35 bits per heavy atom. The van der Waals surface area contributed by atoms with E-state index in [4.69, 9.17) is 11.6 Å². The van der Waals surface area contributed by atoms with E-state index in [0.717, 1.165) is 12.1 Å². The van der Waals surface area contributed by atoms with Crippen molar-refractivity contribution < 1.29 is 4.39 Å². The van der Waals surface area contributed by atoms with E-state index in [2.05, 4.69) is 16.8 Å². The maximum atomic E-state index is 13.5. The molecule has 90 valence electrons. The zero-order chi connectivity index (χ0) is 12.3. The number of hydrogen-bond donors (Lipinski definition) is 1. The van der Waals surface area contributed by atoms with Crippen LogP contribution in [0.5, 0.6) is 0 Å². The van der Waals surface area contributed by atoms with Crippen LogP contribution in [0.25, 0.3) is 0 Å². The molecule has 1 N–H and O–H groups in total. The first-order valence-electron chi connectivity index (χ1n) is 5.53. The monoisotopic (exact) mass is 252 g/mol. The van der Waals surface area contributed by atoms with Crippen molar-refractivity contribution in [2.45, 2.75) is 20.0 Å². The summed E-state index contributed by atoms with van der Waals surface area (Å²) in [7, 11) is 0. The minimum Gasteiger partial charge on any atom is -0.377 e. The number of halogens is 2. The molecule has 1 aromatic heterocycles. The Labute approximate surface area is 105 Å². The van der Waals surface area contributed by atoms with Gasteiger partial charge in [-0.3, -0.25) is 0 Å². The van der Waals surface area contributed by atoms with Crippen LogP contribution in [0.4, 0.5) is 10.1 Å². The predicted octanol–water partition coefficient (Wildman–Crippen LogP) is 3.91. The molecule has 0 unspecified atom stereocenters. The molecule has 0 aliphatic rings. The number of aromatic nitrogens is 1. The molecular weight excluding hydrogens is 239 g/mol. The minimum atomic E-state index is -0.326. The molecule has 0 bridgehead atoms. The van der Waals surface area contributed by atoms with Crippen molar-refractivity contribution in [1.29, 1.82) is 0 Å². The van der Waals surface area contributed by atoms with Gasteiger partial charge in [-0.05, 0) is 30.7 Å². The molecule has 0 amide bonds. The second-order valence-corrected chi connectivity index (χ2v) is 4.21. The van der Waals surface area contributed by atoms with Crippen LogP contribution in [0.3, 0.4) is 0 Å². The lowest BCUT2D eigenvalue weighted by Gasteiger charge is -2.08. The fourth-order valence-electron chi connectivity index (χ4n) is 1.65. The average Bonchev–Trinajstić information content (AvgIpc) is 2.76. The zero-order valence-electron chi connectivity index (χ0n) is 9.58. The first-order chi connectivity index (χ1) is 8.20. The second-order valence-electron chi connectivity index (χ2n) is 3.80. The first-order valence-corrected chi connectivity index (χ1v) is 5.91. The number of hydrogen-bond acceptors (Lipinski definition) is 1. The highest BCUT2D eigenvalue weighted by Crippen LogP contribution is 2.25. The number of para-hydroxylation sites is 1. The maximum absolute atomic E-state index is 13.5. The van der Waals surface area contributed by atoms with Gasteiger partial charge in [-0.2, -0.15) is 0 Å². The number of nitrogens with zero attached hydrogens (tertiary/aromatic N) is 1. The van der Waals surface area contributed by atoms with Gasteiger partial charge in [0.1, 0.15) is 5.82 Å². The normalized spacial score (nSPS) is 10.5. The van der Waals surface area contributed by atoms with Crippen LogP contribution in [0.2, 0.25) is 5.02 Å². The standard InChI is InChI=1S/C13H14ClFN2/c1-2-17-7-6-10(9-17)8-16-13-11(14)4-3-5-12(13)15/h3-7,9,16H,2,8H2,1H3. The highest BCUT2D eigenvalue weighted by Gasteiger charge is 2.06. The Morgan fingerprint density at radius 3 is 2.82 bits per heavy atom. The van der Waals surface area contributed by atoms with Gasteiger partial charge >= 0.3 is 0 Å². The Kier molecular flexibility index (Phi) is 3.69. The predicted molar refractivity (Wildman–Crippen MR) is 68.8 cm³/mol. The molecule has 0 saturated heterocycles.